The highest BCUT2D eigenvalue weighted by atomic mass is 16.2. The quantitative estimate of drug-likeness (QED) is 0.466. The molecule has 4 nitrogen and oxygen atoms in total. The minimum Gasteiger partial charge on any atom is -0.286 e. The van der Waals surface area contributed by atoms with Crippen molar-refractivity contribution in [3.8, 4) is 0 Å². The van der Waals surface area contributed by atoms with Gasteiger partial charge in [0.1, 0.15) is 5.66 Å². The number of carbonyl (C=O) groups excluding carboxylic acids is 2. The Bertz CT molecular complexity index is 425. The van der Waals surface area contributed by atoms with Crippen LogP contribution in [0.25, 0.3) is 0 Å². The first-order valence-electron chi connectivity index (χ1n) is 10.4. The third-order valence-corrected chi connectivity index (χ3v) is 6.08. The van der Waals surface area contributed by atoms with Gasteiger partial charge >= 0.3 is 0 Å². The number of rotatable bonds is 12. The normalized spacial score (nSPS) is 18.3. The average Bonchev–Trinajstić information content (AvgIpc) is 2.89. The topological polar surface area (TPSA) is 40.6 Å². The Morgan fingerprint density at radius 1 is 0.800 bits per heavy atom. The lowest BCUT2D eigenvalue weighted by atomic mass is 9.63. The molecule has 1 saturated heterocycles. The monoisotopic (exact) mass is 352 g/mol. The predicted molar refractivity (Wildman–Crippen MR) is 104 cm³/mol. The maximum atomic E-state index is 12.8. The van der Waals surface area contributed by atoms with Crippen LogP contribution >= 0.6 is 0 Å². The Hall–Kier alpha value is -0.900. The summed E-state index contributed by atoms with van der Waals surface area (Å²) in [5.74, 6) is 0.0560. The minimum atomic E-state index is -0.492. The highest BCUT2D eigenvalue weighted by molar-refractivity contribution is 6.02. The molecule has 0 spiro atoms. The molecule has 0 saturated carbocycles. The molecule has 0 aromatic heterocycles. The first kappa shape index (κ1) is 22.1. The zero-order valence-electron chi connectivity index (χ0n) is 17.5. The van der Waals surface area contributed by atoms with Crippen molar-refractivity contribution in [3.63, 3.8) is 0 Å². The Balaban J connectivity index is 3.61. The maximum absolute atomic E-state index is 12.8. The third-order valence-electron chi connectivity index (χ3n) is 6.08. The fourth-order valence-electron chi connectivity index (χ4n) is 5.30. The molecule has 0 N–H and O–H groups in total. The number of hydrogen-bond donors (Lipinski definition) is 0. The fraction of sp³-hybridized carbons (Fsp3) is 0.905. The lowest BCUT2D eigenvalue weighted by Gasteiger charge is -2.58. The van der Waals surface area contributed by atoms with Crippen LogP contribution in [0.4, 0.5) is 0 Å². The second-order valence-corrected chi connectivity index (χ2v) is 7.97. The van der Waals surface area contributed by atoms with Gasteiger partial charge in [0, 0.05) is 18.3 Å². The van der Waals surface area contributed by atoms with Gasteiger partial charge in [0.25, 0.3) is 0 Å². The molecule has 1 aliphatic rings. The third kappa shape index (κ3) is 4.10. The van der Waals surface area contributed by atoms with E-state index in [-0.39, 0.29) is 17.2 Å². The summed E-state index contributed by atoms with van der Waals surface area (Å²) < 4.78 is 0. The Kier molecular flexibility index (Phi) is 8.59. The van der Waals surface area contributed by atoms with E-state index in [0.717, 1.165) is 57.8 Å². The van der Waals surface area contributed by atoms with Gasteiger partial charge in [-0.05, 0) is 39.8 Å². The van der Waals surface area contributed by atoms with Crippen molar-refractivity contribution in [3.05, 3.63) is 0 Å². The van der Waals surface area contributed by atoms with Crippen LogP contribution in [0.15, 0.2) is 0 Å². The van der Waals surface area contributed by atoms with Crippen molar-refractivity contribution in [2.24, 2.45) is 5.41 Å². The molecule has 1 atom stereocenters. The van der Waals surface area contributed by atoms with Crippen molar-refractivity contribution in [2.75, 3.05) is 14.1 Å². The van der Waals surface area contributed by atoms with Gasteiger partial charge in [0.2, 0.25) is 11.8 Å². The second-order valence-electron chi connectivity index (χ2n) is 7.97. The highest BCUT2D eigenvalue weighted by Gasteiger charge is 2.58. The van der Waals surface area contributed by atoms with E-state index in [1.807, 2.05) is 0 Å². The molecule has 25 heavy (non-hydrogen) atoms. The molecule has 0 bridgehead atoms. The SMILES string of the molecule is CCCCC(CCC)(CCC)C(CCC)(N(C)C)N1C(=O)CCC1=O. The zero-order chi connectivity index (χ0) is 19.1. The number of hydrogen-bond acceptors (Lipinski definition) is 3. The van der Waals surface area contributed by atoms with Gasteiger partial charge in [-0.15, -0.1) is 0 Å². The van der Waals surface area contributed by atoms with Crippen LogP contribution in [0.5, 0.6) is 0 Å². The number of nitrogens with zero attached hydrogens (tertiary/aromatic N) is 2. The summed E-state index contributed by atoms with van der Waals surface area (Å²) in [6.45, 7) is 8.87. The van der Waals surface area contributed by atoms with E-state index in [0.29, 0.717) is 12.8 Å². The molecule has 146 valence electrons. The van der Waals surface area contributed by atoms with Gasteiger partial charge in [-0.3, -0.25) is 19.4 Å². The molecule has 0 aromatic rings. The van der Waals surface area contributed by atoms with Crippen LogP contribution in [0.2, 0.25) is 0 Å². The summed E-state index contributed by atoms with van der Waals surface area (Å²) in [4.78, 5) is 29.5. The van der Waals surface area contributed by atoms with Crippen molar-refractivity contribution in [1.82, 2.24) is 9.80 Å². The molecular formula is C21H40N2O2. The number of carbonyl (C=O) groups is 2. The van der Waals surface area contributed by atoms with Gasteiger partial charge in [0.05, 0.1) is 0 Å². The average molecular weight is 353 g/mol. The van der Waals surface area contributed by atoms with Crippen LogP contribution in [0, 0.1) is 5.41 Å². The molecule has 1 rings (SSSR count). The van der Waals surface area contributed by atoms with Crippen molar-refractivity contribution < 1.29 is 9.59 Å². The summed E-state index contributed by atoms with van der Waals surface area (Å²) in [5, 5.41) is 0. The summed E-state index contributed by atoms with van der Waals surface area (Å²) in [6.07, 6.45) is 10.3. The predicted octanol–water partition coefficient (Wildman–Crippen LogP) is 4.97. The first-order valence-corrected chi connectivity index (χ1v) is 10.4. The Labute approximate surface area is 155 Å². The van der Waals surface area contributed by atoms with E-state index in [9.17, 15) is 9.59 Å². The lowest BCUT2D eigenvalue weighted by molar-refractivity contribution is -0.177. The molecular weight excluding hydrogens is 312 g/mol. The van der Waals surface area contributed by atoms with Crippen molar-refractivity contribution in [1.29, 1.82) is 0 Å². The summed E-state index contributed by atoms with van der Waals surface area (Å²) in [6, 6.07) is 0. The van der Waals surface area contributed by atoms with Crippen LogP contribution in [0.3, 0.4) is 0 Å². The minimum absolute atomic E-state index is 0.0261. The van der Waals surface area contributed by atoms with Crippen LogP contribution in [-0.4, -0.2) is 41.4 Å². The smallest absolute Gasteiger partial charge is 0.231 e. The standard InChI is InChI=1S/C21H40N2O2/c1-7-11-17-20(14-8-2,15-9-3)21(16-10-4,22(5)6)23-18(24)12-13-19(23)25/h7-17H2,1-6H3. The molecule has 1 unspecified atom stereocenters. The van der Waals surface area contributed by atoms with E-state index in [1.165, 1.54) is 0 Å². The number of amides is 2. The van der Waals surface area contributed by atoms with E-state index < -0.39 is 5.66 Å². The van der Waals surface area contributed by atoms with Crippen LogP contribution in [-0.2, 0) is 9.59 Å². The number of imide groups is 1. The summed E-state index contributed by atoms with van der Waals surface area (Å²) in [7, 11) is 4.14. The van der Waals surface area contributed by atoms with E-state index in [4.69, 9.17) is 0 Å². The van der Waals surface area contributed by atoms with Crippen molar-refractivity contribution in [2.45, 2.75) is 104 Å². The van der Waals surface area contributed by atoms with Crippen LogP contribution < -0.4 is 0 Å². The highest BCUT2D eigenvalue weighted by Crippen LogP contribution is 2.52. The first-order chi connectivity index (χ1) is 11.9. The van der Waals surface area contributed by atoms with Crippen molar-refractivity contribution >= 4 is 11.8 Å². The molecule has 0 radical (unpaired) electrons. The Morgan fingerprint density at radius 3 is 1.64 bits per heavy atom. The Morgan fingerprint density at radius 2 is 1.28 bits per heavy atom. The summed E-state index contributed by atoms with van der Waals surface area (Å²) in [5.41, 5.74) is -0.519. The van der Waals surface area contributed by atoms with E-state index in [2.05, 4.69) is 46.7 Å². The largest absolute Gasteiger partial charge is 0.286 e. The number of likely N-dealkylation sites (tertiary alicyclic amines) is 1. The van der Waals surface area contributed by atoms with Gasteiger partial charge in [0.15, 0.2) is 0 Å². The molecule has 0 aliphatic carbocycles. The number of unbranched alkanes of at least 4 members (excludes halogenated alkanes) is 1. The molecule has 1 heterocycles. The zero-order valence-corrected chi connectivity index (χ0v) is 17.5. The molecule has 1 fully saturated rings. The molecule has 2 amide bonds. The van der Waals surface area contributed by atoms with Crippen LogP contribution in [0.1, 0.15) is 98.3 Å². The summed E-state index contributed by atoms with van der Waals surface area (Å²) >= 11 is 0. The lowest BCUT2D eigenvalue weighted by Crippen LogP contribution is -2.69. The molecule has 4 heteroatoms. The second kappa shape index (κ2) is 9.70. The van der Waals surface area contributed by atoms with Gasteiger partial charge < -0.3 is 0 Å². The maximum Gasteiger partial charge on any atom is 0.231 e. The van der Waals surface area contributed by atoms with Gasteiger partial charge in [-0.25, -0.2) is 0 Å². The fourth-order valence-corrected chi connectivity index (χ4v) is 5.30. The molecule has 1 aliphatic heterocycles. The van der Waals surface area contributed by atoms with Gasteiger partial charge in [-0.1, -0.05) is 59.8 Å². The van der Waals surface area contributed by atoms with E-state index >= 15 is 0 Å². The molecule has 0 aromatic carbocycles. The van der Waals surface area contributed by atoms with Gasteiger partial charge in [-0.2, -0.15) is 0 Å². The van der Waals surface area contributed by atoms with E-state index in [1.54, 1.807) is 4.90 Å².